The lowest BCUT2D eigenvalue weighted by Crippen LogP contribution is -2.36. The van der Waals surface area contributed by atoms with E-state index in [9.17, 15) is 0 Å². The smallest absolute Gasteiger partial charge is 0.191 e. The van der Waals surface area contributed by atoms with Gasteiger partial charge >= 0.3 is 0 Å². The first kappa shape index (κ1) is 14.4. The third kappa shape index (κ3) is 3.71. The van der Waals surface area contributed by atoms with Gasteiger partial charge in [-0.2, -0.15) is 5.26 Å². The van der Waals surface area contributed by atoms with E-state index >= 15 is 0 Å². The Balaban J connectivity index is 2.04. The minimum Gasteiger partial charge on any atom is -0.314 e. The van der Waals surface area contributed by atoms with E-state index in [4.69, 9.17) is 11.0 Å². The highest BCUT2D eigenvalue weighted by Gasteiger charge is 2.24. The Hall–Kier alpha value is -1.06. The highest BCUT2D eigenvalue weighted by molar-refractivity contribution is 7.99. The van der Waals surface area contributed by atoms with Crippen molar-refractivity contribution in [3.8, 4) is 6.07 Å². The summed E-state index contributed by atoms with van der Waals surface area (Å²) in [5.41, 5.74) is 5.12. The van der Waals surface area contributed by atoms with Crippen molar-refractivity contribution in [2.75, 3.05) is 0 Å². The van der Waals surface area contributed by atoms with Crippen LogP contribution in [0.3, 0.4) is 0 Å². The average molecular weight is 279 g/mol. The monoisotopic (exact) mass is 279 g/mol. The van der Waals surface area contributed by atoms with E-state index in [-0.39, 0.29) is 5.25 Å². The predicted molar refractivity (Wildman–Crippen MR) is 75.7 cm³/mol. The quantitative estimate of drug-likeness (QED) is 0.854. The minimum atomic E-state index is -0.770. The molecule has 1 aromatic rings. The Kier molecular flexibility index (Phi) is 4.48. The normalized spacial score (nSPS) is 19.9. The highest BCUT2D eigenvalue weighted by Crippen LogP contribution is 2.28. The molecule has 0 saturated carbocycles. The van der Waals surface area contributed by atoms with Gasteiger partial charge < -0.3 is 10.3 Å². The molecule has 1 aromatic heterocycles. The topological polar surface area (TPSA) is 80.5 Å². The molecule has 104 valence electrons. The number of hydrogen-bond donors (Lipinski definition) is 1. The maximum atomic E-state index is 8.98. The van der Waals surface area contributed by atoms with E-state index in [0.717, 1.165) is 23.9 Å². The third-order valence-corrected chi connectivity index (χ3v) is 4.43. The zero-order chi connectivity index (χ0) is 13.9. The fraction of sp³-hybridized carbons (Fsp3) is 0.769. The van der Waals surface area contributed by atoms with Crippen LogP contribution in [0.25, 0.3) is 0 Å². The fourth-order valence-electron chi connectivity index (χ4n) is 2.41. The molecule has 0 aromatic carbocycles. The molecule has 0 spiro atoms. The van der Waals surface area contributed by atoms with Gasteiger partial charge in [-0.25, -0.2) is 0 Å². The molecule has 0 radical (unpaired) electrons. The molecule has 0 fully saturated rings. The van der Waals surface area contributed by atoms with Crippen molar-refractivity contribution >= 4 is 11.8 Å². The summed E-state index contributed by atoms with van der Waals surface area (Å²) < 4.78 is 2.23. The molecule has 2 unspecified atom stereocenters. The van der Waals surface area contributed by atoms with E-state index in [2.05, 4.69) is 27.8 Å². The second kappa shape index (κ2) is 5.93. The predicted octanol–water partition coefficient (Wildman–Crippen LogP) is 2.12. The minimum absolute atomic E-state index is 0.256. The molecule has 0 aliphatic carbocycles. The lowest BCUT2D eigenvalue weighted by molar-refractivity contribution is 0.542. The highest BCUT2D eigenvalue weighted by atomic mass is 32.2. The number of aromatic nitrogens is 3. The Bertz CT molecular complexity index is 474. The molecular weight excluding hydrogens is 258 g/mol. The zero-order valence-corrected chi connectivity index (χ0v) is 12.4. The molecule has 0 bridgehead atoms. The Morgan fingerprint density at radius 3 is 3.00 bits per heavy atom. The van der Waals surface area contributed by atoms with E-state index in [0.29, 0.717) is 6.42 Å². The van der Waals surface area contributed by atoms with Crippen LogP contribution in [-0.4, -0.2) is 25.6 Å². The average Bonchev–Trinajstić information content (AvgIpc) is 2.59. The second-order valence-electron chi connectivity index (χ2n) is 5.52. The van der Waals surface area contributed by atoms with Gasteiger partial charge in [0.05, 0.1) is 6.07 Å². The number of hydrogen-bond acceptors (Lipinski definition) is 5. The van der Waals surface area contributed by atoms with E-state index < -0.39 is 5.54 Å². The largest absolute Gasteiger partial charge is 0.314 e. The summed E-state index contributed by atoms with van der Waals surface area (Å²) in [5.74, 6) is 1.10. The Labute approximate surface area is 118 Å². The Morgan fingerprint density at radius 2 is 2.26 bits per heavy atom. The first-order valence-corrected chi connectivity index (χ1v) is 7.69. The van der Waals surface area contributed by atoms with Gasteiger partial charge in [0.2, 0.25) is 0 Å². The Morgan fingerprint density at radius 1 is 1.47 bits per heavy atom. The number of nitrogens with zero attached hydrogens (tertiary/aromatic N) is 4. The zero-order valence-electron chi connectivity index (χ0n) is 11.6. The number of aryl methyl sites for hydroxylation is 1. The number of rotatable bonds is 4. The van der Waals surface area contributed by atoms with Gasteiger partial charge in [0.25, 0.3) is 0 Å². The fourth-order valence-corrected chi connectivity index (χ4v) is 3.61. The summed E-state index contributed by atoms with van der Waals surface area (Å²) in [7, 11) is 0. The van der Waals surface area contributed by atoms with Crippen molar-refractivity contribution in [2.45, 2.75) is 68.4 Å². The molecule has 5 nitrogen and oxygen atoms in total. The van der Waals surface area contributed by atoms with Crippen LogP contribution in [0.15, 0.2) is 5.16 Å². The van der Waals surface area contributed by atoms with Crippen LogP contribution in [0.2, 0.25) is 0 Å². The molecule has 1 aliphatic heterocycles. The standard InChI is InChI=1S/C13H21N5S/c1-10(8-13(2,15)9-14)19-12-17-16-11-6-4-3-5-7-18(11)12/h10H,3-8,15H2,1-2H3. The van der Waals surface area contributed by atoms with Crippen LogP contribution in [0.5, 0.6) is 0 Å². The molecule has 0 amide bonds. The van der Waals surface area contributed by atoms with Crippen molar-refractivity contribution < 1.29 is 0 Å². The lowest BCUT2D eigenvalue weighted by Gasteiger charge is -2.20. The summed E-state index contributed by atoms with van der Waals surface area (Å²) in [6.07, 6.45) is 5.33. The van der Waals surface area contributed by atoms with Crippen molar-refractivity contribution in [3.05, 3.63) is 5.82 Å². The summed E-state index contributed by atoms with van der Waals surface area (Å²) in [6.45, 7) is 4.87. The molecule has 2 rings (SSSR count). The molecule has 19 heavy (non-hydrogen) atoms. The maximum absolute atomic E-state index is 8.98. The van der Waals surface area contributed by atoms with Crippen molar-refractivity contribution in [2.24, 2.45) is 5.73 Å². The van der Waals surface area contributed by atoms with Crippen molar-refractivity contribution in [1.29, 1.82) is 5.26 Å². The first-order chi connectivity index (χ1) is 9.02. The van der Waals surface area contributed by atoms with Gasteiger partial charge in [0.15, 0.2) is 5.16 Å². The maximum Gasteiger partial charge on any atom is 0.191 e. The van der Waals surface area contributed by atoms with Crippen molar-refractivity contribution in [1.82, 2.24) is 14.8 Å². The lowest BCUT2D eigenvalue weighted by atomic mass is 10.00. The number of thioether (sulfide) groups is 1. The van der Waals surface area contributed by atoms with Crippen LogP contribution < -0.4 is 5.73 Å². The van der Waals surface area contributed by atoms with Crippen LogP contribution in [0, 0.1) is 11.3 Å². The molecule has 6 heteroatoms. The molecule has 2 N–H and O–H groups in total. The van der Waals surface area contributed by atoms with Crippen LogP contribution in [0.1, 0.15) is 45.4 Å². The van der Waals surface area contributed by atoms with Gasteiger partial charge in [0.1, 0.15) is 11.4 Å². The van der Waals surface area contributed by atoms with Crippen LogP contribution >= 0.6 is 11.8 Å². The molecular formula is C13H21N5S. The number of nitrogens with two attached hydrogens (primary N) is 1. The number of nitriles is 1. The van der Waals surface area contributed by atoms with Crippen LogP contribution in [-0.2, 0) is 13.0 Å². The van der Waals surface area contributed by atoms with Gasteiger partial charge in [-0.05, 0) is 26.2 Å². The van der Waals surface area contributed by atoms with Crippen LogP contribution in [0.4, 0.5) is 0 Å². The number of fused-ring (bicyclic) bond motifs is 1. The molecule has 0 saturated heterocycles. The summed E-state index contributed by atoms with van der Waals surface area (Å²) in [6, 6.07) is 2.15. The van der Waals surface area contributed by atoms with Gasteiger partial charge in [-0.15, -0.1) is 10.2 Å². The molecule has 2 heterocycles. The second-order valence-corrected chi connectivity index (χ2v) is 6.93. The van der Waals surface area contributed by atoms with Gasteiger partial charge in [-0.1, -0.05) is 25.1 Å². The molecule has 2 atom stereocenters. The van der Waals surface area contributed by atoms with E-state index in [1.165, 1.54) is 19.3 Å². The van der Waals surface area contributed by atoms with Gasteiger partial charge in [-0.3, -0.25) is 0 Å². The summed E-state index contributed by atoms with van der Waals surface area (Å²) in [4.78, 5) is 0. The third-order valence-electron chi connectivity index (χ3n) is 3.35. The van der Waals surface area contributed by atoms with Crippen molar-refractivity contribution in [3.63, 3.8) is 0 Å². The molecule has 1 aliphatic rings. The van der Waals surface area contributed by atoms with Gasteiger partial charge in [0, 0.05) is 18.2 Å². The van der Waals surface area contributed by atoms with E-state index in [1.807, 2.05) is 0 Å². The summed E-state index contributed by atoms with van der Waals surface area (Å²) in [5, 5.41) is 18.8. The SMILES string of the molecule is CC(CC(C)(N)C#N)Sc1nnc2n1CCCCC2. The summed E-state index contributed by atoms with van der Waals surface area (Å²) >= 11 is 1.67. The first-order valence-electron chi connectivity index (χ1n) is 6.81. The van der Waals surface area contributed by atoms with E-state index in [1.54, 1.807) is 18.7 Å².